The molecule has 2 amide bonds. The molecule has 1 aromatic carbocycles. The number of primary amides is 1. The van der Waals surface area contributed by atoms with Gasteiger partial charge in [0.15, 0.2) is 0 Å². The monoisotopic (exact) mass is 280 g/mol. The van der Waals surface area contributed by atoms with Crippen molar-refractivity contribution >= 4 is 17.8 Å². The zero-order valence-electron chi connectivity index (χ0n) is 10.8. The lowest BCUT2D eigenvalue weighted by Gasteiger charge is -2.07. The third kappa shape index (κ3) is 5.49. The second-order valence-corrected chi connectivity index (χ2v) is 4.01. The highest BCUT2D eigenvalue weighted by atomic mass is 16.5. The van der Waals surface area contributed by atoms with E-state index in [-0.39, 0.29) is 37.6 Å². The molecule has 20 heavy (non-hydrogen) atoms. The van der Waals surface area contributed by atoms with Crippen LogP contribution in [-0.2, 0) is 20.7 Å². The van der Waals surface area contributed by atoms with Gasteiger partial charge in [0.2, 0.25) is 11.8 Å². The molecule has 0 heterocycles. The lowest BCUT2D eigenvalue weighted by molar-refractivity contribution is -0.122. The smallest absolute Gasteiger partial charge is 0.335 e. The molecule has 0 aliphatic carbocycles. The Kier molecular flexibility index (Phi) is 6.18. The number of hydrogen-bond donors (Lipinski definition) is 3. The van der Waals surface area contributed by atoms with Crippen LogP contribution in [0, 0.1) is 0 Å². The molecular formula is C13H16N2O5. The van der Waals surface area contributed by atoms with Crippen LogP contribution in [0.15, 0.2) is 24.3 Å². The van der Waals surface area contributed by atoms with Crippen molar-refractivity contribution in [1.82, 2.24) is 5.32 Å². The van der Waals surface area contributed by atoms with E-state index in [1.54, 1.807) is 18.2 Å². The van der Waals surface area contributed by atoms with Gasteiger partial charge in [-0.2, -0.15) is 0 Å². The van der Waals surface area contributed by atoms with Gasteiger partial charge in [-0.3, -0.25) is 9.59 Å². The van der Waals surface area contributed by atoms with Crippen molar-refractivity contribution in [3.63, 3.8) is 0 Å². The second-order valence-electron chi connectivity index (χ2n) is 4.01. The summed E-state index contributed by atoms with van der Waals surface area (Å²) in [4.78, 5) is 33.0. The van der Waals surface area contributed by atoms with E-state index in [0.29, 0.717) is 5.56 Å². The van der Waals surface area contributed by atoms with E-state index < -0.39 is 11.9 Å². The number of nitrogens with two attached hydrogens (primary N) is 1. The molecule has 0 aliphatic rings. The van der Waals surface area contributed by atoms with Gasteiger partial charge in [0.1, 0.15) is 6.61 Å². The lowest BCUT2D eigenvalue weighted by atomic mass is 10.0. The third-order valence-electron chi connectivity index (χ3n) is 2.41. The van der Waals surface area contributed by atoms with E-state index in [1.165, 1.54) is 6.07 Å². The molecule has 4 N–H and O–H groups in total. The number of carboxylic acid groups (broad SMARTS) is 1. The van der Waals surface area contributed by atoms with Gasteiger partial charge < -0.3 is 20.9 Å². The summed E-state index contributed by atoms with van der Waals surface area (Å²) in [6.45, 7) is 0.189. The minimum atomic E-state index is -1.07. The number of carbonyl (C=O) groups is 3. The Hall–Kier alpha value is -2.41. The summed E-state index contributed by atoms with van der Waals surface area (Å²) >= 11 is 0. The summed E-state index contributed by atoms with van der Waals surface area (Å²) in [5.41, 5.74) is 5.42. The Balaban J connectivity index is 2.39. The molecule has 0 aromatic heterocycles. The summed E-state index contributed by atoms with van der Waals surface area (Å²) in [7, 11) is 0. The molecule has 1 aromatic rings. The van der Waals surface area contributed by atoms with Gasteiger partial charge in [-0.25, -0.2) is 4.79 Å². The first-order valence-electron chi connectivity index (χ1n) is 5.94. The van der Waals surface area contributed by atoms with E-state index in [2.05, 4.69) is 5.32 Å². The van der Waals surface area contributed by atoms with Crippen LogP contribution in [-0.4, -0.2) is 42.6 Å². The van der Waals surface area contributed by atoms with E-state index in [0.717, 1.165) is 0 Å². The van der Waals surface area contributed by atoms with Crippen LogP contribution in [0.3, 0.4) is 0 Å². The van der Waals surface area contributed by atoms with Crippen LogP contribution in [0.2, 0.25) is 0 Å². The molecule has 108 valence electrons. The van der Waals surface area contributed by atoms with E-state index in [9.17, 15) is 14.4 Å². The van der Waals surface area contributed by atoms with Gasteiger partial charge in [-0.05, 0) is 11.6 Å². The quantitative estimate of drug-likeness (QED) is 0.557. The van der Waals surface area contributed by atoms with Crippen LogP contribution in [0.5, 0.6) is 0 Å². The maximum atomic E-state index is 11.6. The number of benzene rings is 1. The second kappa shape index (κ2) is 7.90. The van der Waals surface area contributed by atoms with Crippen molar-refractivity contribution in [2.24, 2.45) is 5.73 Å². The summed E-state index contributed by atoms with van der Waals surface area (Å²) in [5, 5.41) is 11.5. The molecule has 0 saturated heterocycles. The minimum Gasteiger partial charge on any atom is -0.478 e. The zero-order chi connectivity index (χ0) is 15.0. The summed E-state index contributed by atoms with van der Waals surface area (Å²) < 4.78 is 4.87. The molecule has 0 spiro atoms. The van der Waals surface area contributed by atoms with Gasteiger partial charge in [-0.15, -0.1) is 0 Å². The predicted molar refractivity (Wildman–Crippen MR) is 70.1 cm³/mol. The highest BCUT2D eigenvalue weighted by molar-refractivity contribution is 5.91. The standard InChI is InChI=1S/C13H16N2O5/c14-11(16)8-20-6-5-15-12(17)7-9-3-1-2-4-10(9)13(18)19/h1-4H,5-8H2,(H2,14,16)(H,15,17)(H,18,19). The molecule has 0 fully saturated rings. The average Bonchev–Trinajstić information content (AvgIpc) is 2.38. The Morgan fingerprint density at radius 1 is 1.25 bits per heavy atom. The molecule has 0 aliphatic heterocycles. The van der Waals surface area contributed by atoms with Crippen molar-refractivity contribution in [1.29, 1.82) is 0 Å². The molecule has 7 nitrogen and oxygen atoms in total. The van der Waals surface area contributed by atoms with Crippen LogP contribution >= 0.6 is 0 Å². The van der Waals surface area contributed by atoms with Gasteiger partial charge in [0.25, 0.3) is 0 Å². The molecule has 7 heteroatoms. The Morgan fingerprint density at radius 3 is 2.60 bits per heavy atom. The number of rotatable bonds is 8. The molecule has 1 rings (SSSR count). The fourth-order valence-corrected chi connectivity index (χ4v) is 1.55. The van der Waals surface area contributed by atoms with Crippen LogP contribution in [0.25, 0.3) is 0 Å². The van der Waals surface area contributed by atoms with Crippen LogP contribution < -0.4 is 11.1 Å². The first-order valence-corrected chi connectivity index (χ1v) is 5.94. The number of hydrogen-bond acceptors (Lipinski definition) is 4. The summed E-state index contributed by atoms with van der Waals surface area (Å²) in [6, 6.07) is 6.31. The minimum absolute atomic E-state index is 0.0295. The molecule has 0 atom stereocenters. The molecule has 0 saturated carbocycles. The highest BCUT2D eigenvalue weighted by Gasteiger charge is 2.11. The number of carbonyl (C=O) groups excluding carboxylic acids is 2. The SMILES string of the molecule is NC(=O)COCCNC(=O)Cc1ccccc1C(=O)O. The maximum Gasteiger partial charge on any atom is 0.335 e. The molecular weight excluding hydrogens is 264 g/mol. The largest absolute Gasteiger partial charge is 0.478 e. The van der Waals surface area contributed by atoms with Crippen molar-refractivity contribution in [2.75, 3.05) is 19.8 Å². The number of aromatic carboxylic acids is 1. The summed E-state index contributed by atoms with van der Waals surface area (Å²) in [6.07, 6.45) is -0.0295. The Morgan fingerprint density at radius 2 is 1.95 bits per heavy atom. The van der Waals surface area contributed by atoms with E-state index in [1.807, 2.05) is 0 Å². The third-order valence-corrected chi connectivity index (χ3v) is 2.41. The van der Waals surface area contributed by atoms with Crippen molar-refractivity contribution < 1.29 is 24.2 Å². The number of ether oxygens (including phenoxy) is 1. The Bertz CT molecular complexity index is 501. The molecule has 0 unspecified atom stereocenters. The van der Waals surface area contributed by atoms with E-state index in [4.69, 9.17) is 15.6 Å². The average molecular weight is 280 g/mol. The van der Waals surface area contributed by atoms with Crippen LogP contribution in [0.4, 0.5) is 0 Å². The number of amides is 2. The summed E-state index contributed by atoms with van der Waals surface area (Å²) in [5.74, 6) is -1.97. The van der Waals surface area contributed by atoms with Crippen LogP contribution in [0.1, 0.15) is 15.9 Å². The Labute approximate surface area is 115 Å². The van der Waals surface area contributed by atoms with Crippen molar-refractivity contribution in [3.8, 4) is 0 Å². The fourth-order valence-electron chi connectivity index (χ4n) is 1.55. The normalized spacial score (nSPS) is 10.0. The fraction of sp³-hybridized carbons (Fsp3) is 0.308. The zero-order valence-corrected chi connectivity index (χ0v) is 10.8. The van der Waals surface area contributed by atoms with Crippen molar-refractivity contribution in [3.05, 3.63) is 35.4 Å². The topological polar surface area (TPSA) is 119 Å². The van der Waals surface area contributed by atoms with E-state index >= 15 is 0 Å². The maximum absolute atomic E-state index is 11.6. The predicted octanol–water partition coefficient (Wildman–Crippen LogP) is -0.455. The number of nitrogens with one attached hydrogen (secondary N) is 1. The van der Waals surface area contributed by atoms with Gasteiger partial charge in [0.05, 0.1) is 18.6 Å². The van der Waals surface area contributed by atoms with Crippen molar-refractivity contribution in [2.45, 2.75) is 6.42 Å². The van der Waals surface area contributed by atoms with Gasteiger partial charge in [0, 0.05) is 6.54 Å². The molecule has 0 bridgehead atoms. The number of carboxylic acids is 1. The highest BCUT2D eigenvalue weighted by Crippen LogP contribution is 2.09. The first-order chi connectivity index (χ1) is 9.50. The molecule has 0 radical (unpaired) electrons. The first kappa shape index (κ1) is 15.6. The van der Waals surface area contributed by atoms with Gasteiger partial charge in [-0.1, -0.05) is 18.2 Å². The van der Waals surface area contributed by atoms with Gasteiger partial charge >= 0.3 is 5.97 Å². The lowest BCUT2D eigenvalue weighted by Crippen LogP contribution is -2.30.